The summed E-state index contributed by atoms with van der Waals surface area (Å²) in [4.78, 5) is 36.9. The van der Waals surface area contributed by atoms with Crippen LogP contribution in [0.1, 0.15) is 213 Å². The number of carboxylic acids is 1. The summed E-state index contributed by atoms with van der Waals surface area (Å²) in [5.74, 6) is -1.75. The Balaban J connectivity index is 4.32. The van der Waals surface area contributed by atoms with Crippen molar-refractivity contribution < 1.29 is 38.2 Å². The molecule has 0 saturated carbocycles. The van der Waals surface area contributed by atoms with Crippen LogP contribution in [0.15, 0.2) is 36.5 Å². The number of likely N-dealkylation sites (N-methyl/N-ethyl adjacent to an activating group) is 1. The van der Waals surface area contributed by atoms with Gasteiger partial charge in [-0.15, -0.1) is 0 Å². The molecule has 8 nitrogen and oxygen atoms in total. The van der Waals surface area contributed by atoms with E-state index in [1.807, 2.05) is 0 Å². The molecule has 0 aliphatic rings. The van der Waals surface area contributed by atoms with E-state index in [-0.39, 0.29) is 42.7 Å². The molecular weight excluding hydrogens is 727 g/mol. The molecule has 338 valence electrons. The Morgan fingerprint density at radius 3 is 1.33 bits per heavy atom. The fourth-order valence-electron chi connectivity index (χ4n) is 7.07. The van der Waals surface area contributed by atoms with Crippen molar-refractivity contribution in [1.29, 1.82) is 0 Å². The van der Waals surface area contributed by atoms with E-state index in [1.54, 1.807) is 21.1 Å². The first-order valence-electron chi connectivity index (χ1n) is 24.0. The van der Waals surface area contributed by atoms with Crippen LogP contribution in [0.3, 0.4) is 0 Å². The zero-order chi connectivity index (χ0) is 42.8. The minimum atomic E-state index is -1.13. The maximum Gasteiger partial charge on any atom is 0.306 e. The molecule has 0 heterocycles. The molecule has 2 atom stereocenters. The molecule has 0 aromatic carbocycles. The van der Waals surface area contributed by atoms with Crippen LogP contribution in [0.2, 0.25) is 0 Å². The van der Waals surface area contributed by atoms with Crippen molar-refractivity contribution in [3.05, 3.63) is 36.5 Å². The van der Waals surface area contributed by atoms with E-state index in [0.29, 0.717) is 12.8 Å². The topological polar surface area (TPSA) is 102 Å². The smallest absolute Gasteiger partial charge is 0.306 e. The molecule has 0 bridgehead atoms. The van der Waals surface area contributed by atoms with Gasteiger partial charge in [0.1, 0.15) is 12.6 Å². The van der Waals surface area contributed by atoms with Crippen LogP contribution in [0.4, 0.5) is 0 Å². The second kappa shape index (κ2) is 41.3. The lowest BCUT2D eigenvalue weighted by atomic mass is 10.0. The van der Waals surface area contributed by atoms with Crippen LogP contribution < -0.4 is 5.11 Å². The number of ether oxygens (including phenoxy) is 3. The highest BCUT2D eigenvalue weighted by Gasteiger charge is 2.25. The molecule has 0 spiro atoms. The highest BCUT2D eigenvalue weighted by atomic mass is 16.6. The van der Waals surface area contributed by atoms with Gasteiger partial charge < -0.3 is 28.6 Å². The molecule has 0 radical (unpaired) electrons. The highest BCUT2D eigenvalue weighted by Crippen LogP contribution is 2.15. The summed E-state index contributed by atoms with van der Waals surface area (Å²) in [7, 11) is 5.41. The Morgan fingerprint density at radius 2 is 0.914 bits per heavy atom. The molecule has 8 heteroatoms. The van der Waals surface area contributed by atoms with Crippen molar-refractivity contribution in [2.24, 2.45) is 0 Å². The van der Waals surface area contributed by atoms with Gasteiger partial charge in [0.2, 0.25) is 0 Å². The number of rotatable bonds is 43. The van der Waals surface area contributed by atoms with Crippen LogP contribution in [0.5, 0.6) is 0 Å². The number of carboxylic acid groups (broad SMARTS) is 1. The van der Waals surface area contributed by atoms with Gasteiger partial charge in [0.25, 0.3) is 0 Å². The highest BCUT2D eigenvalue weighted by molar-refractivity contribution is 5.70. The van der Waals surface area contributed by atoms with Crippen LogP contribution in [0.25, 0.3) is 0 Å². The van der Waals surface area contributed by atoms with Gasteiger partial charge in [-0.05, 0) is 38.5 Å². The van der Waals surface area contributed by atoms with E-state index < -0.39 is 18.1 Å². The Bertz CT molecular complexity index is 1050. The number of carbonyl (C=O) groups excluding carboxylic acids is 3. The number of aliphatic carboxylic acids is 1. The first-order chi connectivity index (χ1) is 28.1. The lowest BCUT2D eigenvalue weighted by Crippen LogP contribution is -2.55. The van der Waals surface area contributed by atoms with Crippen molar-refractivity contribution in [3.8, 4) is 0 Å². The number of unbranched alkanes of at least 4 members (excludes halogenated alkanes) is 25. The minimum Gasteiger partial charge on any atom is -0.544 e. The van der Waals surface area contributed by atoms with Crippen molar-refractivity contribution in [2.75, 3.05) is 41.0 Å². The lowest BCUT2D eigenvalue weighted by molar-refractivity contribution is -0.889. The summed E-state index contributed by atoms with van der Waals surface area (Å²) >= 11 is 0. The first-order valence-corrected chi connectivity index (χ1v) is 24.0. The fraction of sp³-hybridized carbons (Fsp3) is 0.820. The molecule has 0 aliphatic heterocycles. The Hall–Kier alpha value is -2.45. The zero-order valence-electron chi connectivity index (χ0n) is 38.5. The van der Waals surface area contributed by atoms with E-state index in [2.05, 4.69) is 50.3 Å². The van der Waals surface area contributed by atoms with Gasteiger partial charge in [0.05, 0.1) is 40.3 Å². The van der Waals surface area contributed by atoms with Gasteiger partial charge in [-0.25, -0.2) is 0 Å². The number of hydrogen-bond acceptors (Lipinski definition) is 7. The number of nitrogens with zero attached hydrogens (tertiary/aromatic N) is 1. The summed E-state index contributed by atoms with van der Waals surface area (Å²) in [5.41, 5.74) is 0. The minimum absolute atomic E-state index is 0.0367. The SMILES string of the molecule is CCCCCCC/C=C/C=C/C=C/CCCCCCCC(=O)OCC(COCCC(C(=O)[O-])[N+](C)(C)C)OC(=O)CCCCCCCCCCCCCCCCCC. The van der Waals surface area contributed by atoms with Crippen LogP contribution in [0, 0.1) is 0 Å². The normalized spacial score (nSPS) is 13.2. The first kappa shape index (κ1) is 55.5. The molecule has 0 fully saturated rings. The second-order valence-electron chi connectivity index (χ2n) is 17.4. The third-order valence-corrected chi connectivity index (χ3v) is 10.8. The molecule has 2 unspecified atom stereocenters. The van der Waals surface area contributed by atoms with E-state index in [4.69, 9.17) is 14.2 Å². The lowest BCUT2D eigenvalue weighted by Gasteiger charge is -2.34. The Labute approximate surface area is 357 Å². The average molecular weight is 818 g/mol. The second-order valence-corrected chi connectivity index (χ2v) is 17.4. The van der Waals surface area contributed by atoms with Crippen LogP contribution >= 0.6 is 0 Å². The van der Waals surface area contributed by atoms with Gasteiger partial charge >= 0.3 is 11.9 Å². The molecular formula is C50H91NO7. The quantitative estimate of drug-likeness (QED) is 0.0261. The summed E-state index contributed by atoms with van der Waals surface area (Å²) in [6.07, 6.45) is 47.3. The van der Waals surface area contributed by atoms with Gasteiger partial charge in [-0.2, -0.15) is 0 Å². The molecule has 0 aliphatic carbocycles. The monoisotopic (exact) mass is 818 g/mol. The van der Waals surface area contributed by atoms with Crippen molar-refractivity contribution in [3.63, 3.8) is 0 Å². The van der Waals surface area contributed by atoms with Gasteiger partial charge in [0.15, 0.2) is 6.10 Å². The van der Waals surface area contributed by atoms with E-state index in [9.17, 15) is 19.5 Å². The molecule has 0 amide bonds. The third-order valence-electron chi connectivity index (χ3n) is 10.8. The standard InChI is InChI=1S/C50H91NO7/c1-6-8-10-12-14-16-18-20-22-24-25-27-28-30-32-34-36-38-40-48(52)57-45-46(44-56-43-42-47(50(54)55)51(3,4)5)58-49(53)41-39-37-35-33-31-29-26-23-21-19-17-15-13-11-9-7-2/h18,20,22,24-25,27,46-47H,6-17,19,21,23,26,28-45H2,1-5H3/b20-18+,24-22+,27-25+. The van der Waals surface area contributed by atoms with Gasteiger partial charge in [-0.1, -0.05) is 192 Å². The van der Waals surface area contributed by atoms with E-state index in [1.165, 1.54) is 116 Å². The van der Waals surface area contributed by atoms with Gasteiger partial charge in [0, 0.05) is 19.3 Å². The molecule has 0 saturated heterocycles. The van der Waals surface area contributed by atoms with Gasteiger partial charge in [-0.3, -0.25) is 9.59 Å². The predicted octanol–water partition coefficient (Wildman–Crippen LogP) is 12.1. The average Bonchev–Trinajstić information content (AvgIpc) is 3.18. The van der Waals surface area contributed by atoms with E-state index in [0.717, 1.165) is 64.2 Å². The van der Waals surface area contributed by atoms with Crippen molar-refractivity contribution in [2.45, 2.75) is 225 Å². The summed E-state index contributed by atoms with van der Waals surface area (Å²) in [5, 5.41) is 11.6. The maximum absolute atomic E-state index is 12.7. The molecule has 0 rings (SSSR count). The molecule has 0 aromatic rings. The predicted molar refractivity (Wildman–Crippen MR) is 240 cm³/mol. The van der Waals surface area contributed by atoms with Crippen LogP contribution in [-0.4, -0.2) is 75.5 Å². The number of esters is 2. The van der Waals surface area contributed by atoms with E-state index >= 15 is 0 Å². The Morgan fingerprint density at radius 1 is 0.517 bits per heavy atom. The Kier molecular flexibility index (Phi) is 39.5. The summed E-state index contributed by atoms with van der Waals surface area (Å²) < 4.78 is 17.2. The molecule has 0 N–H and O–H groups in total. The third kappa shape index (κ3) is 39.0. The van der Waals surface area contributed by atoms with Crippen molar-refractivity contribution >= 4 is 17.9 Å². The molecule has 58 heavy (non-hydrogen) atoms. The fourth-order valence-corrected chi connectivity index (χ4v) is 7.07. The maximum atomic E-state index is 12.7. The largest absolute Gasteiger partial charge is 0.544 e. The summed E-state index contributed by atoms with van der Waals surface area (Å²) in [6, 6.07) is -0.727. The number of hydrogen-bond donors (Lipinski definition) is 0. The number of carbonyl (C=O) groups is 3. The zero-order valence-corrected chi connectivity index (χ0v) is 38.5. The number of quaternary nitrogens is 1. The van der Waals surface area contributed by atoms with Crippen molar-refractivity contribution in [1.82, 2.24) is 0 Å². The summed E-state index contributed by atoms with van der Waals surface area (Å²) in [6.45, 7) is 4.65. The number of allylic oxidation sites excluding steroid dienone is 6. The van der Waals surface area contributed by atoms with Crippen LogP contribution in [-0.2, 0) is 28.6 Å². The molecule has 0 aromatic heterocycles.